The molecule has 9 heteroatoms. The number of carbonyl (C=O) groups excluding carboxylic acids is 2. The lowest BCUT2D eigenvalue weighted by molar-refractivity contribution is -0.135. The van der Waals surface area contributed by atoms with Crippen LogP contribution in [-0.2, 0) is 16.0 Å². The number of carbonyl (C=O) groups is 2. The fourth-order valence-corrected chi connectivity index (χ4v) is 4.94. The third-order valence-corrected chi connectivity index (χ3v) is 7.45. The summed E-state index contributed by atoms with van der Waals surface area (Å²) in [6.45, 7) is 8.85. The molecule has 4 rings (SSSR count). The largest absolute Gasteiger partial charge is 0.342 e. The number of benzene rings is 1. The highest BCUT2D eigenvalue weighted by molar-refractivity contribution is 6.42. The van der Waals surface area contributed by atoms with Crippen molar-refractivity contribution >= 4 is 35.0 Å². The van der Waals surface area contributed by atoms with Crippen LogP contribution in [0.1, 0.15) is 36.2 Å². The average Bonchev–Trinajstić information content (AvgIpc) is 3.10. The van der Waals surface area contributed by atoms with Crippen LogP contribution in [0.4, 0.5) is 0 Å². The zero-order chi connectivity index (χ0) is 23.5. The van der Waals surface area contributed by atoms with Gasteiger partial charge in [0.15, 0.2) is 0 Å². The van der Waals surface area contributed by atoms with Crippen LogP contribution < -0.4 is 0 Å². The Bertz CT molecular complexity index is 1020. The first-order valence-electron chi connectivity index (χ1n) is 11.6. The summed E-state index contributed by atoms with van der Waals surface area (Å²) < 4.78 is 1.81. The van der Waals surface area contributed by atoms with E-state index in [0.717, 1.165) is 61.7 Å². The number of hydrogen-bond donors (Lipinski definition) is 0. The van der Waals surface area contributed by atoms with Crippen molar-refractivity contribution in [2.45, 2.75) is 39.5 Å². The first-order valence-corrected chi connectivity index (χ1v) is 12.4. The van der Waals surface area contributed by atoms with E-state index in [1.807, 2.05) is 34.4 Å². The molecular formula is C24H31Cl2N5O2. The van der Waals surface area contributed by atoms with Gasteiger partial charge in [0.1, 0.15) is 0 Å². The summed E-state index contributed by atoms with van der Waals surface area (Å²) >= 11 is 12.2. The van der Waals surface area contributed by atoms with E-state index in [1.165, 1.54) is 6.42 Å². The van der Waals surface area contributed by atoms with Crippen molar-refractivity contribution in [1.29, 1.82) is 0 Å². The number of nitrogens with zero attached hydrogens (tertiary/aromatic N) is 5. The summed E-state index contributed by atoms with van der Waals surface area (Å²) in [4.78, 5) is 31.6. The molecule has 2 saturated heterocycles. The van der Waals surface area contributed by atoms with Crippen molar-refractivity contribution in [3.05, 3.63) is 45.2 Å². The number of halogens is 2. The molecule has 1 aromatic carbocycles. The van der Waals surface area contributed by atoms with E-state index in [2.05, 4.69) is 10.00 Å². The van der Waals surface area contributed by atoms with Crippen molar-refractivity contribution < 1.29 is 9.59 Å². The lowest BCUT2D eigenvalue weighted by Gasteiger charge is -2.36. The van der Waals surface area contributed by atoms with Crippen LogP contribution in [0.3, 0.4) is 0 Å². The zero-order valence-electron chi connectivity index (χ0n) is 19.3. The van der Waals surface area contributed by atoms with Crippen molar-refractivity contribution in [2.75, 3.05) is 45.8 Å². The van der Waals surface area contributed by atoms with Gasteiger partial charge in [-0.15, -0.1) is 0 Å². The van der Waals surface area contributed by atoms with E-state index in [4.69, 9.17) is 23.2 Å². The van der Waals surface area contributed by atoms with Crippen LogP contribution in [-0.4, -0.2) is 82.1 Å². The quantitative estimate of drug-likeness (QED) is 0.641. The van der Waals surface area contributed by atoms with Crippen LogP contribution >= 0.6 is 23.2 Å². The van der Waals surface area contributed by atoms with Gasteiger partial charge >= 0.3 is 0 Å². The number of likely N-dealkylation sites (tertiary alicyclic amines) is 1. The number of hydrogen-bond acceptors (Lipinski definition) is 4. The van der Waals surface area contributed by atoms with Crippen molar-refractivity contribution in [1.82, 2.24) is 24.5 Å². The summed E-state index contributed by atoms with van der Waals surface area (Å²) in [6, 6.07) is 5.39. The average molecular weight is 492 g/mol. The second kappa shape index (κ2) is 10.5. The fraction of sp³-hybridized carbons (Fsp3) is 0.542. The van der Waals surface area contributed by atoms with Crippen molar-refractivity contribution in [3.8, 4) is 5.69 Å². The highest BCUT2D eigenvalue weighted by atomic mass is 35.5. The number of amides is 2. The van der Waals surface area contributed by atoms with Crippen LogP contribution in [0.2, 0.25) is 10.0 Å². The molecule has 0 saturated carbocycles. The predicted molar refractivity (Wildman–Crippen MR) is 130 cm³/mol. The Labute approximate surface area is 205 Å². The number of aromatic nitrogens is 2. The van der Waals surface area contributed by atoms with E-state index >= 15 is 0 Å². The zero-order valence-corrected chi connectivity index (χ0v) is 20.8. The number of rotatable bonds is 5. The van der Waals surface area contributed by atoms with Crippen LogP contribution in [0.25, 0.3) is 5.69 Å². The maximum Gasteiger partial charge on any atom is 0.236 e. The second-order valence-electron chi connectivity index (χ2n) is 8.93. The molecular weight excluding hydrogens is 461 g/mol. The molecule has 2 fully saturated rings. The van der Waals surface area contributed by atoms with E-state index in [-0.39, 0.29) is 11.8 Å². The van der Waals surface area contributed by atoms with Gasteiger partial charge in [0.2, 0.25) is 11.8 Å². The molecule has 3 heterocycles. The normalized spacial score (nSPS) is 17.5. The maximum absolute atomic E-state index is 13.0. The maximum atomic E-state index is 13.0. The smallest absolute Gasteiger partial charge is 0.236 e. The third kappa shape index (κ3) is 5.53. The molecule has 7 nitrogen and oxygen atoms in total. The van der Waals surface area contributed by atoms with Gasteiger partial charge in [-0.05, 0) is 51.3 Å². The molecule has 2 amide bonds. The first kappa shape index (κ1) is 24.0. The monoisotopic (exact) mass is 491 g/mol. The predicted octanol–water partition coefficient (Wildman–Crippen LogP) is 3.50. The minimum absolute atomic E-state index is 0.0943. The van der Waals surface area contributed by atoms with Gasteiger partial charge in [-0.1, -0.05) is 23.2 Å². The van der Waals surface area contributed by atoms with Gasteiger partial charge in [-0.3, -0.25) is 14.5 Å². The number of piperazine rings is 1. The lowest BCUT2D eigenvalue weighted by atomic mass is 10.1. The number of aryl methyl sites for hydroxylation is 1. The van der Waals surface area contributed by atoms with Gasteiger partial charge in [0, 0.05) is 50.5 Å². The molecule has 33 heavy (non-hydrogen) atoms. The molecule has 2 aliphatic heterocycles. The molecule has 0 N–H and O–H groups in total. The van der Waals surface area contributed by atoms with Crippen molar-refractivity contribution in [3.63, 3.8) is 0 Å². The summed E-state index contributed by atoms with van der Waals surface area (Å²) in [7, 11) is 0. The van der Waals surface area contributed by atoms with Crippen LogP contribution in [0.15, 0.2) is 18.2 Å². The van der Waals surface area contributed by atoms with Crippen LogP contribution in [0.5, 0.6) is 0 Å². The van der Waals surface area contributed by atoms with Crippen molar-refractivity contribution in [2.24, 2.45) is 0 Å². The molecule has 0 radical (unpaired) electrons. The first-order chi connectivity index (χ1) is 15.8. The molecule has 2 aliphatic rings. The molecule has 0 bridgehead atoms. The molecule has 0 spiro atoms. The van der Waals surface area contributed by atoms with Crippen LogP contribution in [0, 0.1) is 13.8 Å². The standard InChI is InChI=1S/C24H31Cl2N5O2/c1-17-20(18(2)31(27-17)19-6-7-21(25)22(26)14-19)15-23(32)30-12-10-28(11-13-30)16-24(33)29-8-4-3-5-9-29/h6-7,14H,3-5,8-13,15-16H2,1-2H3. The SMILES string of the molecule is Cc1nn(-c2ccc(Cl)c(Cl)c2)c(C)c1CC(=O)N1CCN(CC(=O)N2CCCCC2)CC1. The van der Waals surface area contributed by atoms with Gasteiger partial charge in [-0.25, -0.2) is 4.68 Å². The van der Waals surface area contributed by atoms with E-state index in [9.17, 15) is 9.59 Å². The molecule has 0 atom stereocenters. The molecule has 178 valence electrons. The van der Waals surface area contributed by atoms with E-state index < -0.39 is 0 Å². The Kier molecular flexibility index (Phi) is 7.62. The summed E-state index contributed by atoms with van der Waals surface area (Å²) in [5.41, 5.74) is 3.51. The Hall–Kier alpha value is -2.09. The molecule has 1 aromatic heterocycles. The minimum Gasteiger partial charge on any atom is -0.342 e. The Morgan fingerprint density at radius 2 is 1.55 bits per heavy atom. The third-order valence-electron chi connectivity index (χ3n) is 6.71. The van der Waals surface area contributed by atoms with E-state index in [0.29, 0.717) is 36.1 Å². The molecule has 0 aliphatic carbocycles. The molecule has 0 unspecified atom stereocenters. The van der Waals surface area contributed by atoms with E-state index in [1.54, 1.807) is 12.1 Å². The summed E-state index contributed by atoms with van der Waals surface area (Å²) in [5, 5.41) is 5.60. The fourth-order valence-electron chi connectivity index (χ4n) is 4.65. The Balaban J connectivity index is 1.34. The van der Waals surface area contributed by atoms with Gasteiger partial charge in [-0.2, -0.15) is 5.10 Å². The summed E-state index contributed by atoms with van der Waals surface area (Å²) in [6.07, 6.45) is 3.74. The Morgan fingerprint density at radius 3 is 2.21 bits per heavy atom. The Morgan fingerprint density at radius 1 is 0.879 bits per heavy atom. The topological polar surface area (TPSA) is 61.7 Å². The summed E-state index contributed by atoms with van der Waals surface area (Å²) in [5.74, 6) is 0.312. The van der Waals surface area contributed by atoms with Gasteiger partial charge in [0.05, 0.1) is 34.4 Å². The minimum atomic E-state index is 0.0943. The van der Waals surface area contributed by atoms with Gasteiger partial charge in [0.25, 0.3) is 0 Å². The molecule has 2 aromatic rings. The number of piperidine rings is 1. The second-order valence-corrected chi connectivity index (χ2v) is 9.75. The lowest BCUT2D eigenvalue weighted by Crippen LogP contribution is -2.52. The highest BCUT2D eigenvalue weighted by Gasteiger charge is 2.26. The van der Waals surface area contributed by atoms with Gasteiger partial charge < -0.3 is 9.80 Å². The highest BCUT2D eigenvalue weighted by Crippen LogP contribution is 2.26.